The number of aromatic nitrogens is 4. The van der Waals surface area contributed by atoms with Crippen molar-refractivity contribution in [3.05, 3.63) is 22.2 Å². The Labute approximate surface area is 126 Å². The van der Waals surface area contributed by atoms with Crippen LogP contribution < -0.4 is 5.73 Å². The minimum atomic E-state index is 0.280. The average Bonchev–Trinajstić information content (AvgIpc) is 2.83. The van der Waals surface area contributed by atoms with Crippen LogP contribution in [0.3, 0.4) is 0 Å². The maximum atomic E-state index is 6.03. The predicted octanol–water partition coefficient (Wildman–Crippen LogP) is 2.51. The van der Waals surface area contributed by atoms with Crippen molar-refractivity contribution in [3.63, 3.8) is 0 Å². The second-order valence-corrected chi connectivity index (χ2v) is 5.39. The molecule has 0 aliphatic carbocycles. The molecule has 0 radical (unpaired) electrons. The summed E-state index contributed by atoms with van der Waals surface area (Å²) in [6.07, 6.45) is 0. The fourth-order valence-electron chi connectivity index (χ4n) is 1.91. The summed E-state index contributed by atoms with van der Waals surface area (Å²) >= 11 is 12.0. The van der Waals surface area contributed by atoms with Gasteiger partial charge in [0, 0.05) is 19.2 Å². The smallest absolute Gasteiger partial charge is 0.182 e. The largest absolute Gasteiger partial charge is 0.397 e. The molecule has 1 aromatic heterocycles. The fourth-order valence-corrected chi connectivity index (χ4v) is 2.24. The van der Waals surface area contributed by atoms with Crippen molar-refractivity contribution in [2.75, 3.05) is 19.5 Å². The van der Waals surface area contributed by atoms with Gasteiger partial charge >= 0.3 is 0 Å². The van der Waals surface area contributed by atoms with Gasteiger partial charge in [-0.3, -0.25) is 0 Å². The molecule has 20 heavy (non-hydrogen) atoms. The van der Waals surface area contributed by atoms with E-state index < -0.39 is 0 Å². The number of ether oxygens (including phenoxy) is 1. The van der Waals surface area contributed by atoms with E-state index in [4.69, 9.17) is 33.7 Å². The van der Waals surface area contributed by atoms with E-state index in [0.717, 1.165) is 5.56 Å². The lowest BCUT2D eigenvalue weighted by atomic mass is 10.1. The highest BCUT2D eigenvalue weighted by Gasteiger charge is 2.14. The summed E-state index contributed by atoms with van der Waals surface area (Å²) in [5.74, 6) is 0.876. The van der Waals surface area contributed by atoms with Gasteiger partial charge < -0.3 is 10.5 Å². The number of methoxy groups -OCH3 is 1. The SMILES string of the molecule is COCC(C)Cn1nnnc1-c1cc(N)c(Cl)c(Cl)c1. The number of benzene rings is 1. The van der Waals surface area contributed by atoms with Crippen molar-refractivity contribution in [1.29, 1.82) is 0 Å². The molecule has 2 rings (SSSR count). The number of rotatable bonds is 5. The second kappa shape index (κ2) is 6.39. The van der Waals surface area contributed by atoms with E-state index in [1.165, 1.54) is 0 Å². The van der Waals surface area contributed by atoms with E-state index in [1.54, 1.807) is 23.9 Å². The number of anilines is 1. The number of tetrazole rings is 1. The molecule has 1 heterocycles. The van der Waals surface area contributed by atoms with Gasteiger partial charge in [0.2, 0.25) is 0 Å². The number of nitrogens with two attached hydrogens (primary N) is 1. The highest BCUT2D eigenvalue weighted by Crippen LogP contribution is 2.32. The second-order valence-electron chi connectivity index (χ2n) is 4.61. The Kier molecular flexibility index (Phi) is 4.80. The zero-order valence-corrected chi connectivity index (χ0v) is 12.7. The lowest BCUT2D eigenvalue weighted by Gasteiger charge is -2.11. The molecule has 0 spiro atoms. The first kappa shape index (κ1) is 15.0. The monoisotopic (exact) mass is 315 g/mol. The quantitative estimate of drug-likeness (QED) is 0.858. The molecule has 1 unspecified atom stereocenters. The van der Waals surface area contributed by atoms with Gasteiger partial charge in [0.1, 0.15) is 0 Å². The van der Waals surface area contributed by atoms with Crippen LogP contribution in [0.2, 0.25) is 10.0 Å². The summed E-state index contributed by atoms with van der Waals surface area (Å²) in [5.41, 5.74) is 6.94. The Morgan fingerprint density at radius 1 is 1.40 bits per heavy atom. The molecule has 2 N–H and O–H groups in total. The van der Waals surface area contributed by atoms with Crippen LogP contribution in [0.5, 0.6) is 0 Å². The van der Waals surface area contributed by atoms with E-state index in [9.17, 15) is 0 Å². The Morgan fingerprint density at radius 3 is 2.80 bits per heavy atom. The summed E-state index contributed by atoms with van der Waals surface area (Å²) in [6.45, 7) is 3.32. The van der Waals surface area contributed by atoms with Crippen LogP contribution in [0.4, 0.5) is 5.69 Å². The molecule has 0 aliphatic heterocycles. The number of halogens is 2. The molecule has 8 heteroatoms. The van der Waals surface area contributed by atoms with Crippen LogP contribution in [-0.4, -0.2) is 33.9 Å². The van der Waals surface area contributed by atoms with E-state index >= 15 is 0 Å². The Morgan fingerprint density at radius 2 is 2.15 bits per heavy atom. The molecule has 108 valence electrons. The summed E-state index contributed by atoms with van der Waals surface area (Å²) in [5, 5.41) is 12.4. The molecule has 0 saturated carbocycles. The lowest BCUT2D eigenvalue weighted by Crippen LogP contribution is -2.14. The number of nitrogens with zero attached hydrogens (tertiary/aromatic N) is 4. The molecule has 0 bridgehead atoms. The molecule has 0 saturated heterocycles. The first-order valence-corrected chi connectivity index (χ1v) is 6.78. The Balaban J connectivity index is 2.32. The minimum Gasteiger partial charge on any atom is -0.397 e. The standard InChI is InChI=1S/C12H15Cl2N5O/c1-7(6-20-2)5-19-12(16-17-18-19)8-3-9(13)11(14)10(15)4-8/h3-4,7H,5-6,15H2,1-2H3. The van der Waals surface area contributed by atoms with Gasteiger partial charge in [-0.05, 0) is 28.5 Å². The maximum Gasteiger partial charge on any atom is 0.182 e. The van der Waals surface area contributed by atoms with E-state index in [2.05, 4.69) is 22.4 Å². The predicted molar refractivity (Wildman–Crippen MR) is 78.7 cm³/mol. The third-order valence-corrected chi connectivity index (χ3v) is 3.60. The van der Waals surface area contributed by atoms with Gasteiger partial charge in [-0.25, -0.2) is 4.68 Å². The normalized spacial score (nSPS) is 12.6. The first-order valence-electron chi connectivity index (χ1n) is 6.03. The molecule has 0 amide bonds. The zero-order valence-electron chi connectivity index (χ0n) is 11.2. The summed E-state index contributed by atoms with van der Waals surface area (Å²) in [7, 11) is 1.66. The topological polar surface area (TPSA) is 78.8 Å². The number of hydrogen-bond acceptors (Lipinski definition) is 5. The van der Waals surface area contributed by atoms with Crippen molar-refractivity contribution in [3.8, 4) is 11.4 Å². The number of hydrogen-bond donors (Lipinski definition) is 1. The van der Waals surface area contributed by atoms with Gasteiger partial charge in [0.05, 0.1) is 22.3 Å². The van der Waals surface area contributed by atoms with Crippen LogP contribution in [0.1, 0.15) is 6.92 Å². The average molecular weight is 316 g/mol. The molecule has 1 atom stereocenters. The number of nitrogen functional groups attached to an aromatic ring is 1. The summed E-state index contributed by atoms with van der Waals surface area (Å²) in [4.78, 5) is 0. The molecule has 0 aliphatic rings. The van der Waals surface area contributed by atoms with Crippen molar-refractivity contribution in [1.82, 2.24) is 20.2 Å². The molecule has 1 aromatic carbocycles. The molecular weight excluding hydrogens is 301 g/mol. The van der Waals surface area contributed by atoms with Crippen LogP contribution >= 0.6 is 23.2 Å². The lowest BCUT2D eigenvalue weighted by molar-refractivity contribution is 0.149. The fraction of sp³-hybridized carbons (Fsp3) is 0.417. The van der Waals surface area contributed by atoms with Gasteiger partial charge in [0.25, 0.3) is 0 Å². The highest BCUT2D eigenvalue weighted by molar-refractivity contribution is 6.43. The van der Waals surface area contributed by atoms with Gasteiger partial charge in [-0.2, -0.15) is 0 Å². The first-order chi connectivity index (χ1) is 9.52. The summed E-state index contributed by atoms with van der Waals surface area (Å²) < 4.78 is 6.81. The maximum absolute atomic E-state index is 6.03. The molecule has 6 nitrogen and oxygen atoms in total. The molecule has 0 fully saturated rings. The van der Waals surface area contributed by atoms with Crippen LogP contribution in [0.25, 0.3) is 11.4 Å². The third kappa shape index (κ3) is 3.20. The van der Waals surface area contributed by atoms with E-state index in [1.807, 2.05) is 0 Å². The summed E-state index contributed by atoms with van der Waals surface area (Å²) in [6, 6.07) is 3.40. The van der Waals surface area contributed by atoms with Crippen molar-refractivity contribution in [2.24, 2.45) is 5.92 Å². The third-order valence-electron chi connectivity index (χ3n) is 2.78. The Hall–Kier alpha value is -1.37. The van der Waals surface area contributed by atoms with Gasteiger partial charge in [-0.1, -0.05) is 30.1 Å². The highest BCUT2D eigenvalue weighted by atomic mass is 35.5. The van der Waals surface area contributed by atoms with Crippen LogP contribution in [-0.2, 0) is 11.3 Å². The van der Waals surface area contributed by atoms with Crippen molar-refractivity contribution in [2.45, 2.75) is 13.5 Å². The van der Waals surface area contributed by atoms with E-state index in [0.29, 0.717) is 34.7 Å². The molecule has 2 aromatic rings. The van der Waals surface area contributed by atoms with E-state index in [-0.39, 0.29) is 5.92 Å². The van der Waals surface area contributed by atoms with Crippen LogP contribution in [0, 0.1) is 5.92 Å². The van der Waals surface area contributed by atoms with Gasteiger partial charge in [-0.15, -0.1) is 5.10 Å². The van der Waals surface area contributed by atoms with Crippen molar-refractivity contribution >= 4 is 28.9 Å². The minimum absolute atomic E-state index is 0.280. The zero-order chi connectivity index (χ0) is 14.7. The van der Waals surface area contributed by atoms with Gasteiger partial charge in [0.15, 0.2) is 5.82 Å². The van der Waals surface area contributed by atoms with Crippen LogP contribution in [0.15, 0.2) is 12.1 Å². The van der Waals surface area contributed by atoms with Crippen molar-refractivity contribution < 1.29 is 4.74 Å². The molecular formula is C12H15Cl2N5O. The Bertz CT molecular complexity index is 578.